The van der Waals surface area contributed by atoms with Gasteiger partial charge in [-0.25, -0.2) is 0 Å². The second kappa shape index (κ2) is 8.18. The Bertz CT molecular complexity index is 1160. The molecule has 0 radical (unpaired) electrons. The predicted octanol–water partition coefficient (Wildman–Crippen LogP) is 4.84. The summed E-state index contributed by atoms with van der Waals surface area (Å²) in [5, 5.41) is 5.93. The fraction of sp³-hybridized carbons (Fsp3) is 0.0455. The second-order valence-corrected chi connectivity index (χ2v) is 7.37. The Balaban J connectivity index is 1.53. The molecule has 1 aliphatic heterocycles. The summed E-state index contributed by atoms with van der Waals surface area (Å²) in [4.78, 5) is 38.8. The summed E-state index contributed by atoms with van der Waals surface area (Å²) in [6, 6.07) is 18.3. The van der Waals surface area contributed by atoms with Gasteiger partial charge in [-0.05, 0) is 48.5 Å². The third kappa shape index (κ3) is 3.87. The van der Waals surface area contributed by atoms with Crippen molar-refractivity contribution in [2.24, 2.45) is 0 Å². The van der Waals surface area contributed by atoms with Crippen LogP contribution >= 0.6 is 23.2 Å². The molecule has 1 heterocycles. The molecule has 150 valence electrons. The molecule has 0 spiro atoms. The SMILES string of the molecule is O=C1CN(C(=O)c2ccc(NC(=O)c3cccc(Cl)c3Cl)cc2)c2ccccc2N1. The van der Waals surface area contributed by atoms with Crippen LogP contribution in [0.15, 0.2) is 66.7 Å². The first-order chi connectivity index (χ1) is 14.4. The second-order valence-electron chi connectivity index (χ2n) is 6.59. The standard InChI is InChI=1S/C22H15Cl2N3O3/c23-16-5-3-4-15(20(16)24)21(29)25-14-10-8-13(9-11-14)22(30)27-12-19(28)26-17-6-1-2-7-18(17)27/h1-11H,12H2,(H,25,29)(H,26,28). The highest BCUT2D eigenvalue weighted by Gasteiger charge is 2.27. The van der Waals surface area contributed by atoms with Crippen LogP contribution in [-0.2, 0) is 4.79 Å². The number of nitrogens with zero attached hydrogens (tertiary/aromatic N) is 1. The van der Waals surface area contributed by atoms with Gasteiger partial charge in [-0.2, -0.15) is 0 Å². The van der Waals surface area contributed by atoms with Crippen molar-refractivity contribution in [2.75, 3.05) is 22.1 Å². The van der Waals surface area contributed by atoms with Gasteiger partial charge in [0.2, 0.25) is 5.91 Å². The smallest absolute Gasteiger partial charge is 0.258 e. The van der Waals surface area contributed by atoms with Crippen LogP contribution in [0.3, 0.4) is 0 Å². The fourth-order valence-electron chi connectivity index (χ4n) is 3.14. The molecule has 2 N–H and O–H groups in total. The van der Waals surface area contributed by atoms with Crippen LogP contribution in [0.2, 0.25) is 10.0 Å². The zero-order valence-electron chi connectivity index (χ0n) is 15.5. The summed E-state index contributed by atoms with van der Waals surface area (Å²) in [7, 11) is 0. The van der Waals surface area contributed by atoms with Gasteiger partial charge in [0.15, 0.2) is 0 Å². The summed E-state index contributed by atoms with van der Waals surface area (Å²) in [5.41, 5.74) is 2.35. The van der Waals surface area contributed by atoms with Crippen LogP contribution in [-0.4, -0.2) is 24.3 Å². The third-order valence-electron chi connectivity index (χ3n) is 4.60. The number of para-hydroxylation sites is 2. The van der Waals surface area contributed by atoms with E-state index >= 15 is 0 Å². The van der Waals surface area contributed by atoms with Gasteiger partial charge in [-0.3, -0.25) is 19.3 Å². The van der Waals surface area contributed by atoms with Crippen LogP contribution in [0.25, 0.3) is 0 Å². The number of halogens is 2. The Hall–Kier alpha value is -3.35. The molecule has 1 aliphatic rings. The number of hydrogen-bond acceptors (Lipinski definition) is 3. The first-order valence-corrected chi connectivity index (χ1v) is 9.76. The molecule has 30 heavy (non-hydrogen) atoms. The number of fused-ring (bicyclic) bond motifs is 1. The first-order valence-electron chi connectivity index (χ1n) is 9.00. The molecule has 0 aliphatic carbocycles. The number of anilines is 3. The molecule has 0 fully saturated rings. The molecule has 0 aromatic heterocycles. The molecule has 3 aromatic rings. The summed E-state index contributed by atoms with van der Waals surface area (Å²) in [5.74, 6) is -0.986. The van der Waals surface area contributed by atoms with Crippen molar-refractivity contribution < 1.29 is 14.4 Å². The number of rotatable bonds is 3. The van der Waals surface area contributed by atoms with Crippen LogP contribution < -0.4 is 15.5 Å². The van der Waals surface area contributed by atoms with Crippen LogP contribution in [0.1, 0.15) is 20.7 Å². The number of hydrogen-bond donors (Lipinski definition) is 2. The van der Waals surface area contributed by atoms with Gasteiger partial charge in [-0.15, -0.1) is 0 Å². The van der Waals surface area contributed by atoms with Crippen LogP contribution in [0.4, 0.5) is 17.1 Å². The summed E-state index contributed by atoms with van der Waals surface area (Å²) < 4.78 is 0. The maximum Gasteiger partial charge on any atom is 0.258 e. The number of benzene rings is 3. The van der Waals surface area contributed by atoms with Crippen LogP contribution in [0.5, 0.6) is 0 Å². The van der Waals surface area contributed by atoms with Gasteiger partial charge in [0, 0.05) is 11.3 Å². The van der Waals surface area contributed by atoms with E-state index in [0.29, 0.717) is 22.6 Å². The van der Waals surface area contributed by atoms with E-state index in [4.69, 9.17) is 23.2 Å². The predicted molar refractivity (Wildman–Crippen MR) is 118 cm³/mol. The highest BCUT2D eigenvalue weighted by Crippen LogP contribution is 2.30. The van der Waals surface area contributed by atoms with E-state index in [9.17, 15) is 14.4 Å². The normalized spacial score (nSPS) is 12.7. The van der Waals surface area contributed by atoms with E-state index < -0.39 is 5.91 Å². The first kappa shape index (κ1) is 19.9. The Morgan fingerprint density at radius 1 is 0.933 bits per heavy atom. The molecule has 4 rings (SSSR count). The van der Waals surface area contributed by atoms with Gasteiger partial charge in [-0.1, -0.05) is 41.4 Å². The van der Waals surface area contributed by atoms with E-state index in [1.165, 1.54) is 4.90 Å². The number of nitrogens with one attached hydrogen (secondary N) is 2. The minimum atomic E-state index is -0.414. The molecule has 0 unspecified atom stereocenters. The molecule has 0 atom stereocenters. The highest BCUT2D eigenvalue weighted by atomic mass is 35.5. The Morgan fingerprint density at radius 2 is 1.67 bits per heavy atom. The number of carbonyl (C=O) groups excluding carboxylic acids is 3. The lowest BCUT2D eigenvalue weighted by Crippen LogP contribution is -2.42. The van der Waals surface area contributed by atoms with Crippen molar-refractivity contribution in [2.45, 2.75) is 0 Å². The number of carbonyl (C=O) groups is 3. The lowest BCUT2D eigenvalue weighted by Gasteiger charge is -2.29. The highest BCUT2D eigenvalue weighted by molar-refractivity contribution is 6.44. The minimum absolute atomic E-state index is 0.0679. The molecule has 8 heteroatoms. The summed E-state index contributed by atoms with van der Waals surface area (Å²) in [6.45, 7) is -0.0679. The van der Waals surface area contributed by atoms with Crippen molar-refractivity contribution in [3.8, 4) is 0 Å². The Kier molecular flexibility index (Phi) is 5.44. The molecular formula is C22H15Cl2N3O3. The third-order valence-corrected chi connectivity index (χ3v) is 5.42. The van der Waals surface area contributed by atoms with Crippen molar-refractivity contribution >= 4 is 58.0 Å². The minimum Gasteiger partial charge on any atom is -0.323 e. The molecule has 3 aromatic carbocycles. The zero-order chi connectivity index (χ0) is 21.3. The molecule has 0 bridgehead atoms. The van der Waals surface area contributed by atoms with Gasteiger partial charge < -0.3 is 10.6 Å². The number of amides is 3. The van der Waals surface area contributed by atoms with Gasteiger partial charge in [0.1, 0.15) is 6.54 Å². The maximum absolute atomic E-state index is 13.0. The van der Waals surface area contributed by atoms with Crippen molar-refractivity contribution in [3.63, 3.8) is 0 Å². The van der Waals surface area contributed by atoms with E-state index in [0.717, 1.165) is 0 Å². The largest absolute Gasteiger partial charge is 0.323 e. The zero-order valence-corrected chi connectivity index (χ0v) is 17.0. The molecule has 0 saturated heterocycles. The van der Waals surface area contributed by atoms with Gasteiger partial charge in [0.05, 0.1) is 27.0 Å². The maximum atomic E-state index is 13.0. The van der Waals surface area contributed by atoms with Crippen molar-refractivity contribution in [1.29, 1.82) is 0 Å². The average Bonchev–Trinajstić information content (AvgIpc) is 2.75. The molecule has 0 saturated carbocycles. The quantitative estimate of drug-likeness (QED) is 0.612. The van der Waals surface area contributed by atoms with Crippen molar-refractivity contribution in [3.05, 3.63) is 87.9 Å². The van der Waals surface area contributed by atoms with E-state index in [-0.39, 0.29) is 34.0 Å². The summed E-state index contributed by atoms with van der Waals surface area (Å²) >= 11 is 12.0. The van der Waals surface area contributed by atoms with Gasteiger partial charge in [0.25, 0.3) is 11.8 Å². The van der Waals surface area contributed by atoms with E-state index in [1.807, 2.05) is 0 Å². The van der Waals surface area contributed by atoms with Gasteiger partial charge >= 0.3 is 0 Å². The van der Waals surface area contributed by atoms with Crippen molar-refractivity contribution in [1.82, 2.24) is 0 Å². The Morgan fingerprint density at radius 3 is 2.43 bits per heavy atom. The lowest BCUT2D eigenvalue weighted by atomic mass is 10.1. The summed E-state index contributed by atoms with van der Waals surface area (Å²) in [6.07, 6.45) is 0. The lowest BCUT2D eigenvalue weighted by molar-refractivity contribution is -0.115. The molecule has 3 amide bonds. The topological polar surface area (TPSA) is 78.5 Å². The fourth-order valence-corrected chi connectivity index (χ4v) is 3.53. The van der Waals surface area contributed by atoms with Crippen LogP contribution in [0, 0.1) is 0 Å². The molecule has 6 nitrogen and oxygen atoms in total. The molecular weight excluding hydrogens is 425 g/mol. The van der Waals surface area contributed by atoms with E-state index in [2.05, 4.69) is 10.6 Å². The average molecular weight is 440 g/mol. The Labute approximate surface area is 182 Å². The monoisotopic (exact) mass is 439 g/mol. The van der Waals surface area contributed by atoms with E-state index in [1.54, 1.807) is 66.7 Å².